The summed E-state index contributed by atoms with van der Waals surface area (Å²) >= 11 is 0. The Labute approximate surface area is 152 Å². The van der Waals surface area contributed by atoms with Crippen LogP contribution in [0.5, 0.6) is 0 Å². The Morgan fingerprint density at radius 3 is 1.54 bits per heavy atom. The Hall–Kier alpha value is 0.0538. The van der Waals surface area contributed by atoms with Gasteiger partial charge in [-0.1, -0.05) is 47.6 Å². The van der Waals surface area contributed by atoms with Gasteiger partial charge in [-0.25, -0.2) is 0 Å². The van der Waals surface area contributed by atoms with E-state index < -0.39 is 16.6 Å². The minimum absolute atomic E-state index is 0.0249. The molecule has 1 fully saturated rings. The predicted molar refractivity (Wildman–Crippen MR) is 109 cm³/mol. The molecule has 0 amide bonds. The fraction of sp³-hybridized carbons (Fsp3) is 0.895. The van der Waals surface area contributed by atoms with Gasteiger partial charge in [0.2, 0.25) is 0 Å². The average molecular weight is 373 g/mol. The summed E-state index contributed by atoms with van der Waals surface area (Å²) in [6.45, 7) is 28.9. The standard InChI is InChI=1S/C19H40O3Si2/c1-13-15-17(22-24(11,12)19(6,7)8)16(14(2)20-15)21-23(9,10)18(3,4)5/h13-17H,1H2,2-12H3/t14-,15+,16-,17+/m0/s1. The summed E-state index contributed by atoms with van der Waals surface area (Å²) in [5.74, 6) is 0. The van der Waals surface area contributed by atoms with Crippen molar-refractivity contribution in [2.45, 2.75) is 109 Å². The van der Waals surface area contributed by atoms with Crippen LogP contribution in [0.25, 0.3) is 0 Å². The maximum Gasteiger partial charge on any atom is 0.192 e. The van der Waals surface area contributed by atoms with Crippen molar-refractivity contribution in [2.75, 3.05) is 0 Å². The van der Waals surface area contributed by atoms with Gasteiger partial charge in [0.05, 0.1) is 12.2 Å². The Balaban J connectivity index is 3.10. The molecule has 0 aromatic carbocycles. The van der Waals surface area contributed by atoms with Crippen LogP contribution in [0.1, 0.15) is 48.5 Å². The van der Waals surface area contributed by atoms with E-state index in [1.165, 1.54) is 0 Å². The summed E-state index contributed by atoms with van der Waals surface area (Å²) in [6.07, 6.45) is 1.72. The van der Waals surface area contributed by atoms with Crippen molar-refractivity contribution in [3.63, 3.8) is 0 Å². The van der Waals surface area contributed by atoms with E-state index in [0.29, 0.717) is 0 Å². The summed E-state index contributed by atoms with van der Waals surface area (Å²) in [4.78, 5) is 0. The molecule has 3 nitrogen and oxygen atoms in total. The first-order chi connectivity index (χ1) is 10.5. The van der Waals surface area contributed by atoms with Crippen molar-refractivity contribution in [1.82, 2.24) is 0 Å². The summed E-state index contributed by atoms with van der Waals surface area (Å²) < 4.78 is 19.6. The van der Waals surface area contributed by atoms with Crippen LogP contribution < -0.4 is 0 Å². The van der Waals surface area contributed by atoms with Crippen LogP contribution in [-0.2, 0) is 13.6 Å². The second kappa shape index (κ2) is 6.99. The highest BCUT2D eigenvalue weighted by Gasteiger charge is 2.51. The van der Waals surface area contributed by atoms with Crippen molar-refractivity contribution in [1.29, 1.82) is 0 Å². The molecule has 4 atom stereocenters. The van der Waals surface area contributed by atoms with E-state index >= 15 is 0 Å². The fourth-order valence-electron chi connectivity index (χ4n) is 2.38. The van der Waals surface area contributed by atoms with Crippen molar-refractivity contribution in [3.8, 4) is 0 Å². The summed E-state index contributed by atoms with van der Waals surface area (Å²) in [5, 5.41) is 0.326. The van der Waals surface area contributed by atoms with Gasteiger partial charge in [-0.3, -0.25) is 0 Å². The Bertz CT molecular complexity index is 447. The molecular formula is C19H40O3Si2. The zero-order valence-corrected chi connectivity index (χ0v) is 19.8. The highest BCUT2D eigenvalue weighted by Crippen LogP contribution is 2.43. The quantitative estimate of drug-likeness (QED) is 0.455. The van der Waals surface area contributed by atoms with Gasteiger partial charge in [0.15, 0.2) is 16.6 Å². The minimum Gasteiger partial charge on any atom is -0.409 e. The minimum atomic E-state index is -1.91. The first-order valence-corrected chi connectivity index (χ1v) is 15.0. The lowest BCUT2D eigenvalue weighted by Crippen LogP contribution is -2.53. The van der Waals surface area contributed by atoms with Gasteiger partial charge < -0.3 is 13.6 Å². The molecule has 0 radical (unpaired) electrons. The molecule has 1 heterocycles. The van der Waals surface area contributed by atoms with Crippen LogP contribution in [0.3, 0.4) is 0 Å². The van der Waals surface area contributed by atoms with Crippen molar-refractivity contribution < 1.29 is 13.6 Å². The third-order valence-electron chi connectivity index (χ3n) is 6.19. The smallest absolute Gasteiger partial charge is 0.192 e. The molecule has 0 bridgehead atoms. The van der Waals surface area contributed by atoms with Crippen LogP contribution in [-0.4, -0.2) is 41.1 Å². The van der Waals surface area contributed by atoms with Gasteiger partial charge in [0.25, 0.3) is 0 Å². The number of ether oxygens (including phenoxy) is 1. The molecule has 1 aliphatic heterocycles. The Morgan fingerprint density at radius 1 is 0.833 bits per heavy atom. The second-order valence-electron chi connectivity index (χ2n) is 10.2. The molecule has 142 valence electrons. The molecule has 1 aliphatic rings. The normalized spacial score (nSPS) is 29.8. The summed E-state index contributed by atoms with van der Waals surface area (Å²) in [7, 11) is -3.81. The highest BCUT2D eigenvalue weighted by atomic mass is 28.4. The van der Waals surface area contributed by atoms with E-state index in [2.05, 4.69) is 81.2 Å². The van der Waals surface area contributed by atoms with E-state index in [9.17, 15) is 0 Å². The van der Waals surface area contributed by atoms with Crippen molar-refractivity contribution in [3.05, 3.63) is 12.7 Å². The third kappa shape index (κ3) is 4.61. The molecule has 5 heteroatoms. The molecule has 0 N–H and O–H groups in total. The topological polar surface area (TPSA) is 27.7 Å². The average Bonchev–Trinajstić information content (AvgIpc) is 2.63. The van der Waals surface area contributed by atoms with E-state index in [1.54, 1.807) is 0 Å². The zero-order valence-electron chi connectivity index (χ0n) is 17.8. The SMILES string of the molecule is C=C[C@H]1O[C@@H](C)[C@H](O[Si](C)(C)C(C)(C)C)[C@@H]1O[Si](C)(C)C(C)(C)C. The largest absolute Gasteiger partial charge is 0.409 e. The molecule has 1 rings (SSSR count). The molecule has 0 aliphatic carbocycles. The first kappa shape index (κ1) is 22.1. The Kier molecular flexibility index (Phi) is 6.43. The third-order valence-corrected chi connectivity index (χ3v) is 15.1. The van der Waals surface area contributed by atoms with E-state index in [-0.39, 0.29) is 34.5 Å². The Morgan fingerprint density at radius 2 is 1.21 bits per heavy atom. The lowest BCUT2D eigenvalue weighted by Gasteiger charge is -2.43. The molecule has 0 aromatic rings. The molecule has 0 aromatic heterocycles. The van der Waals surface area contributed by atoms with Gasteiger partial charge in [0.1, 0.15) is 12.2 Å². The summed E-state index contributed by atoms with van der Waals surface area (Å²) in [5.41, 5.74) is 0. The van der Waals surface area contributed by atoms with Crippen LogP contribution in [0.2, 0.25) is 36.3 Å². The van der Waals surface area contributed by atoms with Crippen molar-refractivity contribution in [2.24, 2.45) is 0 Å². The molecular weight excluding hydrogens is 332 g/mol. The number of rotatable bonds is 5. The number of hydrogen-bond acceptors (Lipinski definition) is 3. The van der Waals surface area contributed by atoms with Crippen molar-refractivity contribution >= 4 is 16.6 Å². The summed E-state index contributed by atoms with van der Waals surface area (Å²) in [6, 6.07) is 0. The highest BCUT2D eigenvalue weighted by molar-refractivity contribution is 6.74. The predicted octanol–water partition coefficient (Wildman–Crippen LogP) is 5.74. The monoisotopic (exact) mass is 372 g/mol. The van der Waals surface area contributed by atoms with Gasteiger partial charge >= 0.3 is 0 Å². The van der Waals surface area contributed by atoms with Crippen LogP contribution in [0, 0.1) is 0 Å². The molecule has 0 spiro atoms. The van der Waals surface area contributed by atoms with Gasteiger partial charge in [-0.2, -0.15) is 0 Å². The van der Waals surface area contributed by atoms with Gasteiger partial charge in [-0.15, -0.1) is 6.58 Å². The molecule has 0 unspecified atom stereocenters. The van der Waals surface area contributed by atoms with E-state index in [4.69, 9.17) is 13.6 Å². The lowest BCUT2D eigenvalue weighted by molar-refractivity contribution is 0.0405. The second-order valence-corrected chi connectivity index (χ2v) is 19.7. The van der Waals surface area contributed by atoms with E-state index in [0.717, 1.165) is 0 Å². The van der Waals surface area contributed by atoms with E-state index in [1.807, 2.05) is 6.08 Å². The first-order valence-electron chi connectivity index (χ1n) is 9.17. The van der Waals surface area contributed by atoms with Gasteiger partial charge in [0, 0.05) is 0 Å². The zero-order chi connectivity index (χ0) is 19.1. The molecule has 1 saturated heterocycles. The van der Waals surface area contributed by atoms with Gasteiger partial charge in [-0.05, 0) is 43.2 Å². The fourth-order valence-corrected chi connectivity index (χ4v) is 5.04. The molecule has 24 heavy (non-hydrogen) atoms. The number of hydrogen-bond donors (Lipinski definition) is 0. The lowest BCUT2D eigenvalue weighted by atomic mass is 10.1. The maximum atomic E-state index is 6.75. The molecule has 0 saturated carbocycles. The van der Waals surface area contributed by atoms with Crippen LogP contribution in [0.15, 0.2) is 12.7 Å². The van der Waals surface area contributed by atoms with Crippen LogP contribution in [0.4, 0.5) is 0 Å². The van der Waals surface area contributed by atoms with Crippen LogP contribution >= 0.6 is 0 Å². The maximum absolute atomic E-state index is 6.75.